The van der Waals surface area contributed by atoms with E-state index in [0.29, 0.717) is 6.61 Å². The summed E-state index contributed by atoms with van der Waals surface area (Å²) < 4.78 is 7.62. The molecule has 0 spiro atoms. The molecule has 0 bridgehead atoms. The summed E-state index contributed by atoms with van der Waals surface area (Å²) in [6, 6.07) is 6.05. The number of hydrogen-bond donors (Lipinski definition) is 1. The highest BCUT2D eigenvalue weighted by molar-refractivity contribution is 5.37. The fourth-order valence-electron chi connectivity index (χ4n) is 1.92. The first-order chi connectivity index (χ1) is 9.11. The molecule has 2 rings (SSSR count). The molecule has 19 heavy (non-hydrogen) atoms. The van der Waals surface area contributed by atoms with Gasteiger partial charge in [-0.3, -0.25) is 0 Å². The third-order valence-electron chi connectivity index (χ3n) is 3.08. The lowest BCUT2D eigenvalue weighted by atomic mass is 10.1. The van der Waals surface area contributed by atoms with Crippen LogP contribution in [-0.4, -0.2) is 14.8 Å². The Kier molecular flexibility index (Phi) is 4.16. The van der Waals surface area contributed by atoms with Gasteiger partial charge < -0.3 is 10.5 Å². The summed E-state index contributed by atoms with van der Waals surface area (Å²) in [5.41, 5.74) is 8.05. The molecule has 0 saturated heterocycles. The number of benzene rings is 1. The minimum absolute atomic E-state index is 0.0379. The smallest absolute Gasteiger partial charge is 0.164 e. The van der Waals surface area contributed by atoms with E-state index in [1.807, 2.05) is 37.6 Å². The Morgan fingerprint density at radius 3 is 2.84 bits per heavy atom. The molecule has 1 aromatic carbocycles. The van der Waals surface area contributed by atoms with Crippen molar-refractivity contribution in [2.75, 3.05) is 0 Å². The van der Waals surface area contributed by atoms with Crippen molar-refractivity contribution in [2.45, 2.75) is 40.0 Å². The van der Waals surface area contributed by atoms with E-state index in [-0.39, 0.29) is 6.04 Å². The predicted octanol–water partition coefficient (Wildman–Crippen LogP) is 2.21. The summed E-state index contributed by atoms with van der Waals surface area (Å²) in [4.78, 5) is 4.18. The maximum atomic E-state index is 5.86. The Balaban J connectivity index is 2.08. The van der Waals surface area contributed by atoms with Gasteiger partial charge in [0.15, 0.2) is 5.82 Å². The van der Waals surface area contributed by atoms with Crippen molar-refractivity contribution in [3.8, 4) is 5.75 Å². The van der Waals surface area contributed by atoms with Gasteiger partial charge in [0.1, 0.15) is 18.7 Å². The normalized spacial score (nSPS) is 12.4. The minimum Gasteiger partial charge on any atom is -0.485 e. The summed E-state index contributed by atoms with van der Waals surface area (Å²) in [5.74, 6) is 1.69. The van der Waals surface area contributed by atoms with Gasteiger partial charge in [-0.05, 0) is 38.0 Å². The Morgan fingerprint density at radius 2 is 2.21 bits per heavy atom. The molecule has 0 aliphatic carbocycles. The van der Waals surface area contributed by atoms with E-state index in [0.717, 1.165) is 29.2 Å². The highest BCUT2D eigenvalue weighted by Gasteiger charge is 2.07. The molecular weight excluding hydrogens is 240 g/mol. The second-order valence-corrected chi connectivity index (χ2v) is 4.59. The molecular formula is C14H20N4O. The molecule has 0 radical (unpaired) electrons. The number of aromatic nitrogens is 3. The van der Waals surface area contributed by atoms with Gasteiger partial charge in [0.2, 0.25) is 0 Å². The van der Waals surface area contributed by atoms with E-state index in [1.165, 1.54) is 0 Å². The van der Waals surface area contributed by atoms with Crippen LogP contribution in [0, 0.1) is 6.92 Å². The Labute approximate surface area is 113 Å². The third-order valence-corrected chi connectivity index (χ3v) is 3.08. The van der Waals surface area contributed by atoms with Crippen LogP contribution >= 0.6 is 0 Å². The maximum Gasteiger partial charge on any atom is 0.164 e. The van der Waals surface area contributed by atoms with Gasteiger partial charge in [0.05, 0.1) is 0 Å². The summed E-state index contributed by atoms with van der Waals surface area (Å²) in [6.07, 6.45) is 1.55. The first kappa shape index (κ1) is 13.5. The second kappa shape index (κ2) is 5.84. The van der Waals surface area contributed by atoms with Gasteiger partial charge >= 0.3 is 0 Å². The number of rotatable bonds is 5. The molecule has 1 unspecified atom stereocenters. The van der Waals surface area contributed by atoms with Gasteiger partial charge in [0.25, 0.3) is 0 Å². The molecule has 1 heterocycles. The fourth-order valence-corrected chi connectivity index (χ4v) is 1.92. The van der Waals surface area contributed by atoms with E-state index in [1.54, 1.807) is 6.33 Å². The summed E-state index contributed by atoms with van der Waals surface area (Å²) in [6.45, 7) is 7.24. The van der Waals surface area contributed by atoms with Gasteiger partial charge in [-0.1, -0.05) is 12.1 Å². The standard InChI is InChI=1S/C14H20N4O/c1-4-18-14(16-9-17-18)8-19-13-6-5-12(11(3)15)7-10(13)2/h5-7,9,11H,4,8,15H2,1-3H3. The van der Waals surface area contributed by atoms with E-state index in [4.69, 9.17) is 10.5 Å². The Hall–Kier alpha value is -1.88. The Morgan fingerprint density at radius 1 is 1.42 bits per heavy atom. The fraction of sp³-hybridized carbons (Fsp3) is 0.429. The van der Waals surface area contributed by atoms with Crippen molar-refractivity contribution < 1.29 is 4.74 Å². The third kappa shape index (κ3) is 3.12. The molecule has 0 amide bonds. The molecule has 0 saturated carbocycles. The quantitative estimate of drug-likeness (QED) is 0.895. The van der Waals surface area contributed by atoms with E-state index >= 15 is 0 Å². The van der Waals surface area contributed by atoms with Crippen molar-refractivity contribution in [2.24, 2.45) is 5.73 Å². The average Bonchev–Trinajstić information content (AvgIpc) is 2.84. The van der Waals surface area contributed by atoms with Crippen LogP contribution in [0.15, 0.2) is 24.5 Å². The highest BCUT2D eigenvalue weighted by atomic mass is 16.5. The van der Waals surface area contributed by atoms with Crippen LogP contribution in [0.4, 0.5) is 0 Å². The number of hydrogen-bond acceptors (Lipinski definition) is 4. The molecule has 2 N–H and O–H groups in total. The zero-order valence-electron chi connectivity index (χ0n) is 11.6. The number of aryl methyl sites for hydroxylation is 2. The van der Waals surface area contributed by atoms with Crippen LogP contribution in [0.2, 0.25) is 0 Å². The molecule has 0 fully saturated rings. The lowest BCUT2D eigenvalue weighted by molar-refractivity contribution is 0.285. The molecule has 5 nitrogen and oxygen atoms in total. The first-order valence-corrected chi connectivity index (χ1v) is 6.47. The predicted molar refractivity (Wildman–Crippen MR) is 73.8 cm³/mol. The van der Waals surface area contributed by atoms with Crippen LogP contribution < -0.4 is 10.5 Å². The molecule has 0 aliphatic heterocycles. The van der Waals surface area contributed by atoms with Crippen LogP contribution in [0.3, 0.4) is 0 Å². The lowest BCUT2D eigenvalue weighted by Crippen LogP contribution is -2.08. The van der Waals surface area contributed by atoms with Gasteiger partial charge in [-0.2, -0.15) is 5.10 Å². The van der Waals surface area contributed by atoms with Crippen molar-refractivity contribution >= 4 is 0 Å². The average molecular weight is 260 g/mol. The van der Waals surface area contributed by atoms with Crippen LogP contribution in [0.25, 0.3) is 0 Å². The van der Waals surface area contributed by atoms with Crippen molar-refractivity contribution in [1.82, 2.24) is 14.8 Å². The van der Waals surface area contributed by atoms with E-state index < -0.39 is 0 Å². The van der Waals surface area contributed by atoms with Crippen LogP contribution in [-0.2, 0) is 13.2 Å². The maximum absolute atomic E-state index is 5.86. The molecule has 1 aromatic heterocycles. The topological polar surface area (TPSA) is 66.0 Å². The molecule has 0 aliphatic rings. The number of nitrogens with zero attached hydrogens (tertiary/aromatic N) is 3. The summed E-state index contributed by atoms with van der Waals surface area (Å²) >= 11 is 0. The van der Waals surface area contributed by atoms with Crippen molar-refractivity contribution in [3.05, 3.63) is 41.5 Å². The van der Waals surface area contributed by atoms with Gasteiger partial charge in [-0.25, -0.2) is 9.67 Å². The molecule has 1 atom stereocenters. The summed E-state index contributed by atoms with van der Waals surface area (Å²) in [7, 11) is 0. The Bertz CT molecular complexity index is 548. The number of ether oxygens (including phenoxy) is 1. The zero-order chi connectivity index (χ0) is 13.8. The monoisotopic (exact) mass is 260 g/mol. The summed E-state index contributed by atoms with van der Waals surface area (Å²) in [5, 5.41) is 4.12. The van der Waals surface area contributed by atoms with Gasteiger partial charge in [0, 0.05) is 12.6 Å². The van der Waals surface area contributed by atoms with Crippen molar-refractivity contribution in [3.63, 3.8) is 0 Å². The zero-order valence-corrected chi connectivity index (χ0v) is 11.6. The van der Waals surface area contributed by atoms with E-state index in [2.05, 4.69) is 16.1 Å². The minimum atomic E-state index is 0.0379. The number of nitrogens with two attached hydrogens (primary N) is 1. The van der Waals surface area contributed by atoms with Gasteiger partial charge in [-0.15, -0.1) is 0 Å². The van der Waals surface area contributed by atoms with Crippen LogP contribution in [0.5, 0.6) is 5.75 Å². The van der Waals surface area contributed by atoms with E-state index in [9.17, 15) is 0 Å². The lowest BCUT2D eigenvalue weighted by Gasteiger charge is -2.12. The molecule has 5 heteroatoms. The van der Waals surface area contributed by atoms with Crippen LogP contribution in [0.1, 0.15) is 36.8 Å². The SMILES string of the molecule is CCn1ncnc1COc1ccc(C(C)N)cc1C. The van der Waals surface area contributed by atoms with Crippen molar-refractivity contribution in [1.29, 1.82) is 0 Å². The molecule has 2 aromatic rings. The molecule has 102 valence electrons. The first-order valence-electron chi connectivity index (χ1n) is 6.47. The highest BCUT2D eigenvalue weighted by Crippen LogP contribution is 2.22. The second-order valence-electron chi connectivity index (χ2n) is 4.59. The largest absolute Gasteiger partial charge is 0.485 e.